The van der Waals surface area contributed by atoms with E-state index in [1.807, 2.05) is 32.9 Å². The fourth-order valence-electron chi connectivity index (χ4n) is 3.62. The highest BCUT2D eigenvalue weighted by molar-refractivity contribution is 6.31. The van der Waals surface area contributed by atoms with Crippen LogP contribution in [0.25, 0.3) is 11.0 Å². The van der Waals surface area contributed by atoms with Crippen LogP contribution >= 0.6 is 11.6 Å². The van der Waals surface area contributed by atoms with Crippen LogP contribution in [0, 0.1) is 5.82 Å². The summed E-state index contributed by atoms with van der Waals surface area (Å²) in [5, 5.41) is 11.0. The third-order valence-corrected chi connectivity index (χ3v) is 6.11. The van der Waals surface area contributed by atoms with Gasteiger partial charge in [-0.1, -0.05) is 35.9 Å². The Bertz CT molecular complexity index is 1350. The summed E-state index contributed by atoms with van der Waals surface area (Å²) in [5.74, 6) is -1.35. The third-order valence-electron chi connectivity index (χ3n) is 5.82. The number of para-hydroxylation sites is 1. The van der Waals surface area contributed by atoms with Gasteiger partial charge in [-0.15, -0.1) is 5.10 Å². The normalized spacial score (nSPS) is 12.5. The van der Waals surface area contributed by atoms with Crippen molar-refractivity contribution < 1.29 is 18.4 Å². The van der Waals surface area contributed by atoms with E-state index in [1.54, 1.807) is 24.3 Å². The molecule has 1 atom stereocenters. The van der Waals surface area contributed by atoms with Crippen LogP contribution in [-0.2, 0) is 16.1 Å². The van der Waals surface area contributed by atoms with Crippen molar-refractivity contribution >= 4 is 40.1 Å². The number of furan rings is 1. The maximum Gasteiger partial charge on any atom is 0.251 e. The van der Waals surface area contributed by atoms with Gasteiger partial charge in [0.25, 0.3) is 5.91 Å². The summed E-state index contributed by atoms with van der Waals surface area (Å²) >= 11 is 6.06. The average Bonchev–Trinajstić information content (AvgIpc) is 3.49. The van der Waals surface area contributed by atoms with E-state index < -0.39 is 29.2 Å². The number of hydrogen-bond acceptors (Lipinski definition) is 5. The number of hydrogen-bond donors (Lipinski definition) is 1. The molecule has 0 aliphatic carbocycles. The van der Waals surface area contributed by atoms with Crippen molar-refractivity contribution in [1.82, 2.24) is 20.3 Å². The average molecular weight is 498 g/mol. The molecule has 8 nitrogen and oxygen atoms in total. The van der Waals surface area contributed by atoms with Crippen molar-refractivity contribution in [3.05, 3.63) is 77.5 Å². The molecule has 4 rings (SSSR count). The quantitative estimate of drug-likeness (QED) is 0.374. The van der Waals surface area contributed by atoms with Gasteiger partial charge in [-0.25, -0.2) is 9.07 Å². The van der Waals surface area contributed by atoms with Crippen molar-refractivity contribution in [1.29, 1.82) is 0 Å². The molecular formula is C25H25ClFN5O3. The minimum Gasteiger partial charge on any atom is -0.467 e. The molecular weight excluding hydrogens is 473 g/mol. The summed E-state index contributed by atoms with van der Waals surface area (Å²) in [5.41, 5.74) is 0.974. The van der Waals surface area contributed by atoms with Crippen LogP contribution in [0.1, 0.15) is 39.0 Å². The Morgan fingerprint density at radius 3 is 2.66 bits per heavy atom. The molecule has 2 heterocycles. The van der Waals surface area contributed by atoms with Gasteiger partial charge in [0.1, 0.15) is 23.6 Å². The van der Waals surface area contributed by atoms with Gasteiger partial charge in [-0.05, 0) is 62.7 Å². The Kier molecular flexibility index (Phi) is 6.88. The standard InChI is InChI=1S/C25H25ClFN5O3/c1-4-25(2,3)28-24(34)23(21-10-7-13-35-21)32(16-11-12-18(27)17(26)14-16)22(33)15-31-20-9-6-5-8-19(20)29-30-31/h5-14,23H,4,15H2,1-3H3,(H,28,34)/t23-/m1/s1. The molecule has 2 amide bonds. The first-order valence-electron chi connectivity index (χ1n) is 11.1. The topological polar surface area (TPSA) is 93.3 Å². The second kappa shape index (κ2) is 9.87. The molecule has 35 heavy (non-hydrogen) atoms. The molecule has 2 aromatic heterocycles. The molecule has 4 aromatic rings. The molecule has 10 heteroatoms. The predicted octanol–water partition coefficient (Wildman–Crippen LogP) is 4.90. The summed E-state index contributed by atoms with van der Waals surface area (Å²) in [6.07, 6.45) is 2.08. The van der Waals surface area contributed by atoms with E-state index in [0.29, 0.717) is 17.5 Å². The molecule has 182 valence electrons. The Balaban J connectivity index is 1.80. The zero-order chi connectivity index (χ0) is 25.2. The number of nitrogens with one attached hydrogen (secondary N) is 1. The van der Waals surface area contributed by atoms with E-state index in [1.165, 1.54) is 28.0 Å². The van der Waals surface area contributed by atoms with Crippen LogP contribution in [0.2, 0.25) is 5.02 Å². The molecule has 2 aromatic carbocycles. The second-order valence-electron chi connectivity index (χ2n) is 8.74. The van der Waals surface area contributed by atoms with Gasteiger partial charge >= 0.3 is 0 Å². The lowest BCUT2D eigenvalue weighted by Crippen LogP contribution is -2.51. The monoisotopic (exact) mass is 497 g/mol. The molecule has 0 spiro atoms. The number of halogens is 2. The zero-order valence-corrected chi connectivity index (χ0v) is 20.3. The van der Waals surface area contributed by atoms with Gasteiger partial charge in [-0.3, -0.25) is 14.5 Å². The van der Waals surface area contributed by atoms with Crippen LogP contribution in [0.5, 0.6) is 0 Å². The highest BCUT2D eigenvalue weighted by Gasteiger charge is 2.37. The number of amides is 2. The summed E-state index contributed by atoms with van der Waals surface area (Å²) in [6.45, 7) is 5.48. The highest BCUT2D eigenvalue weighted by Crippen LogP contribution is 2.32. The summed E-state index contributed by atoms with van der Waals surface area (Å²) in [7, 11) is 0. The van der Waals surface area contributed by atoms with Crippen molar-refractivity contribution in [3.8, 4) is 0 Å². The Hall–Kier alpha value is -3.72. The van der Waals surface area contributed by atoms with E-state index in [4.69, 9.17) is 16.0 Å². The SMILES string of the molecule is CCC(C)(C)NC(=O)[C@@H](c1ccco1)N(C(=O)Cn1nnc2ccccc21)c1ccc(F)c(Cl)c1. The van der Waals surface area contributed by atoms with E-state index in [-0.39, 0.29) is 23.0 Å². The minimum atomic E-state index is -1.18. The fourth-order valence-corrected chi connectivity index (χ4v) is 3.80. The van der Waals surface area contributed by atoms with Gasteiger partial charge in [0.2, 0.25) is 5.91 Å². The Morgan fingerprint density at radius 1 is 1.20 bits per heavy atom. The molecule has 1 N–H and O–H groups in total. The number of rotatable bonds is 8. The van der Waals surface area contributed by atoms with Gasteiger partial charge in [0, 0.05) is 11.2 Å². The van der Waals surface area contributed by atoms with Crippen LogP contribution < -0.4 is 10.2 Å². The number of aromatic nitrogens is 3. The van der Waals surface area contributed by atoms with Crippen molar-refractivity contribution in [2.24, 2.45) is 0 Å². The maximum atomic E-state index is 14.0. The molecule has 0 unspecified atom stereocenters. The van der Waals surface area contributed by atoms with Crippen molar-refractivity contribution in [2.45, 2.75) is 45.3 Å². The van der Waals surface area contributed by atoms with Crippen LogP contribution in [-0.4, -0.2) is 32.3 Å². The van der Waals surface area contributed by atoms with Crippen molar-refractivity contribution in [3.63, 3.8) is 0 Å². The number of nitrogens with zero attached hydrogens (tertiary/aromatic N) is 4. The van der Waals surface area contributed by atoms with Gasteiger partial charge in [0.15, 0.2) is 6.04 Å². The van der Waals surface area contributed by atoms with E-state index in [2.05, 4.69) is 15.6 Å². The molecule has 0 radical (unpaired) electrons. The van der Waals surface area contributed by atoms with Gasteiger partial charge in [-0.2, -0.15) is 0 Å². The van der Waals surface area contributed by atoms with E-state index >= 15 is 0 Å². The van der Waals surface area contributed by atoms with Crippen LogP contribution in [0.4, 0.5) is 10.1 Å². The Morgan fingerprint density at radius 2 is 1.97 bits per heavy atom. The lowest BCUT2D eigenvalue weighted by molar-refractivity contribution is -0.128. The number of anilines is 1. The number of fused-ring (bicyclic) bond motifs is 1. The van der Waals surface area contributed by atoms with Crippen LogP contribution in [0.3, 0.4) is 0 Å². The highest BCUT2D eigenvalue weighted by atomic mass is 35.5. The van der Waals surface area contributed by atoms with Gasteiger partial charge < -0.3 is 9.73 Å². The molecule has 0 saturated heterocycles. The fraction of sp³-hybridized carbons (Fsp3) is 0.280. The molecule has 0 fully saturated rings. The zero-order valence-electron chi connectivity index (χ0n) is 19.5. The summed E-state index contributed by atoms with van der Waals surface area (Å²) in [4.78, 5) is 28.7. The Labute approximate surface area is 206 Å². The lowest BCUT2D eigenvalue weighted by Gasteiger charge is -2.33. The lowest BCUT2D eigenvalue weighted by atomic mass is 10.0. The van der Waals surface area contributed by atoms with Gasteiger partial charge in [0.05, 0.1) is 16.8 Å². The number of carbonyl (C=O) groups is 2. The summed E-state index contributed by atoms with van der Waals surface area (Å²) in [6, 6.07) is 13.1. The smallest absolute Gasteiger partial charge is 0.251 e. The maximum absolute atomic E-state index is 14.0. The number of carbonyl (C=O) groups excluding carboxylic acids is 2. The first-order valence-corrected chi connectivity index (χ1v) is 11.5. The molecule has 0 bridgehead atoms. The third kappa shape index (κ3) is 5.19. The molecule has 0 aliphatic heterocycles. The first kappa shape index (κ1) is 24.4. The predicted molar refractivity (Wildman–Crippen MR) is 130 cm³/mol. The van der Waals surface area contributed by atoms with E-state index in [0.717, 1.165) is 6.07 Å². The van der Waals surface area contributed by atoms with Crippen molar-refractivity contribution in [2.75, 3.05) is 4.90 Å². The second-order valence-corrected chi connectivity index (χ2v) is 9.15. The number of benzene rings is 2. The summed E-state index contributed by atoms with van der Waals surface area (Å²) < 4.78 is 21.0. The minimum absolute atomic E-state index is 0.181. The largest absolute Gasteiger partial charge is 0.467 e. The molecule has 0 aliphatic rings. The van der Waals surface area contributed by atoms with Crippen LogP contribution in [0.15, 0.2) is 65.3 Å². The first-order chi connectivity index (χ1) is 16.7. The molecule has 0 saturated carbocycles. The van der Waals surface area contributed by atoms with E-state index in [9.17, 15) is 14.0 Å².